The van der Waals surface area contributed by atoms with Gasteiger partial charge in [0.1, 0.15) is 5.82 Å². The number of nitrogens with zero attached hydrogens (tertiary/aromatic N) is 1. The van der Waals surface area contributed by atoms with Crippen molar-refractivity contribution < 1.29 is 17.6 Å². The smallest absolute Gasteiger partial charge is 0.302 e. The van der Waals surface area contributed by atoms with E-state index < -0.39 is 11.7 Å². The van der Waals surface area contributed by atoms with Crippen LogP contribution in [0.25, 0.3) is 0 Å². The van der Waals surface area contributed by atoms with Gasteiger partial charge in [-0.1, -0.05) is 18.2 Å². The monoisotopic (exact) mass is 363 g/mol. The van der Waals surface area contributed by atoms with E-state index in [1.807, 2.05) is 6.07 Å². The summed E-state index contributed by atoms with van der Waals surface area (Å²) in [5.74, 6) is 0.422. The van der Waals surface area contributed by atoms with Crippen LogP contribution >= 0.6 is 0 Å². The van der Waals surface area contributed by atoms with Gasteiger partial charge < -0.3 is 4.90 Å². The number of likely N-dealkylation sites (tertiary alicyclic amines) is 1. The molecule has 3 atom stereocenters. The number of likely N-dealkylation sites (N-methyl/N-ethyl adjacent to an activating group) is 1. The number of hydrogen-bond acceptors (Lipinski definition) is 1. The van der Waals surface area contributed by atoms with Crippen LogP contribution in [-0.2, 0) is 19.0 Å². The predicted molar refractivity (Wildman–Crippen MR) is 92.5 cm³/mol. The highest BCUT2D eigenvalue weighted by Crippen LogP contribution is 2.46. The van der Waals surface area contributed by atoms with Crippen molar-refractivity contribution in [1.82, 2.24) is 4.90 Å². The number of fused-ring (bicyclic) bond motifs is 3. The Bertz CT molecular complexity index is 814. The fraction of sp³-hybridized carbons (Fsp3) is 0.429. The number of aryl methyl sites for hydroxylation is 1. The van der Waals surface area contributed by atoms with Crippen LogP contribution in [0, 0.1) is 11.7 Å². The summed E-state index contributed by atoms with van der Waals surface area (Å²) in [6, 6.07) is 11.2. The molecule has 3 unspecified atom stereocenters. The standard InChI is InChI=1S/C21H21F4N/c1-26-12-19-17-8-6-15(21(23,24)25)11-14(17)5-7-18(19)20(26)10-13-3-2-4-16(22)9-13/h2-4,6,8-9,11,18-20H,5,7,10,12H2,1H3. The molecule has 0 N–H and O–H groups in total. The van der Waals surface area contributed by atoms with Crippen LogP contribution in [0.15, 0.2) is 42.5 Å². The van der Waals surface area contributed by atoms with Gasteiger partial charge >= 0.3 is 6.18 Å². The molecule has 26 heavy (non-hydrogen) atoms. The molecule has 0 spiro atoms. The Morgan fingerprint density at radius 2 is 1.92 bits per heavy atom. The van der Waals surface area contributed by atoms with Crippen molar-refractivity contribution in [3.05, 3.63) is 70.5 Å². The van der Waals surface area contributed by atoms with E-state index in [9.17, 15) is 17.6 Å². The number of alkyl halides is 3. The van der Waals surface area contributed by atoms with E-state index in [-0.39, 0.29) is 17.8 Å². The molecule has 1 saturated heterocycles. The zero-order valence-electron chi connectivity index (χ0n) is 14.6. The zero-order chi connectivity index (χ0) is 18.5. The minimum atomic E-state index is -4.29. The molecule has 4 rings (SSSR count). The van der Waals surface area contributed by atoms with E-state index in [0.29, 0.717) is 12.3 Å². The minimum Gasteiger partial charge on any atom is -0.302 e. The Morgan fingerprint density at radius 3 is 2.65 bits per heavy atom. The molecule has 138 valence electrons. The van der Waals surface area contributed by atoms with Gasteiger partial charge in [-0.25, -0.2) is 4.39 Å². The lowest BCUT2D eigenvalue weighted by atomic mass is 9.73. The van der Waals surface area contributed by atoms with E-state index in [1.165, 1.54) is 18.2 Å². The largest absolute Gasteiger partial charge is 0.416 e. The molecule has 0 aromatic heterocycles. The van der Waals surface area contributed by atoms with Crippen LogP contribution in [0.2, 0.25) is 0 Å². The molecule has 5 heteroatoms. The van der Waals surface area contributed by atoms with Crippen molar-refractivity contribution in [3.8, 4) is 0 Å². The van der Waals surface area contributed by atoms with Crippen LogP contribution in [-0.4, -0.2) is 24.5 Å². The number of benzene rings is 2. The van der Waals surface area contributed by atoms with E-state index in [0.717, 1.165) is 36.1 Å². The highest BCUT2D eigenvalue weighted by atomic mass is 19.4. The van der Waals surface area contributed by atoms with E-state index in [4.69, 9.17) is 0 Å². The third-order valence-corrected chi connectivity index (χ3v) is 6.01. The van der Waals surface area contributed by atoms with Gasteiger partial charge in [-0.2, -0.15) is 13.2 Å². The molecule has 0 amide bonds. The molecule has 0 saturated carbocycles. The van der Waals surface area contributed by atoms with Crippen molar-refractivity contribution >= 4 is 0 Å². The van der Waals surface area contributed by atoms with Crippen LogP contribution in [0.3, 0.4) is 0 Å². The molecule has 1 aliphatic heterocycles. The first-order chi connectivity index (χ1) is 12.3. The predicted octanol–water partition coefficient (Wildman–Crippen LogP) is 5.05. The van der Waals surface area contributed by atoms with Crippen molar-refractivity contribution in [3.63, 3.8) is 0 Å². The third-order valence-electron chi connectivity index (χ3n) is 6.01. The van der Waals surface area contributed by atoms with Crippen molar-refractivity contribution in [1.29, 1.82) is 0 Å². The van der Waals surface area contributed by atoms with Crippen molar-refractivity contribution in [2.45, 2.75) is 37.4 Å². The quantitative estimate of drug-likeness (QED) is 0.675. The molecule has 1 heterocycles. The maximum atomic E-state index is 13.5. The highest BCUT2D eigenvalue weighted by molar-refractivity contribution is 5.39. The lowest BCUT2D eigenvalue weighted by molar-refractivity contribution is -0.137. The maximum absolute atomic E-state index is 13.5. The summed E-state index contributed by atoms with van der Waals surface area (Å²) in [5, 5.41) is 0. The molecule has 1 aliphatic carbocycles. The third kappa shape index (κ3) is 3.13. The second-order valence-electron chi connectivity index (χ2n) is 7.56. The van der Waals surface area contributed by atoms with Gasteiger partial charge in [-0.05, 0) is 73.2 Å². The Hall–Kier alpha value is -1.88. The van der Waals surface area contributed by atoms with Crippen molar-refractivity contribution in [2.24, 2.45) is 5.92 Å². The SMILES string of the molecule is CN1CC2c3ccc(C(F)(F)F)cc3CCC2C1Cc1cccc(F)c1. The summed E-state index contributed by atoms with van der Waals surface area (Å²) in [5.41, 5.74) is 2.31. The zero-order valence-corrected chi connectivity index (χ0v) is 14.6. The van der Waals surface area contributed by atoms with Gasteiger partial charge in [0.2, 0.25) is 0 Å². The van der Waals surface area contributed by atoms with Crippen LogP contribution < -0.4 is 0 Å². The first-order valence-corrected chi connectivity index (χ1v) is 8.97. The van der Waals surface area contributed by atoms with Gasteiger partial charge in [-0.3, -0.25) is 0 Å². The van der Waals surface area contributed by atoms with Gasteiger partial charge in [0, 0.05) is 18.5 Å². The minimum absolute atomic E-state index is 0.228. The van der Waals surface area contributed by atoms with E-state index in [2.05, 4.69) is 11.9 Å². The summed E-state index contributed by atoms with van der Waals surface area (Å²) in [7, 11) is 2.06. The summed E-state index contributed by atoms with van der Waals surface area (Å²) in [6.45, 7) is 0.836. The second kappa shape index (κ2) is 6.38. The summed E-state index contributed by atoms with van der Waals surface area (Å²) in [6.07, 6.45) is -1.97. The van der Waals surface area contributed by atoms with Gasteiger partial charge in [0.05, 0.1) is 5.56 Å². The molecule has 1 fully saturated rings. The van der Waals surface area contributed by atoms with Crippen molar-refractivity contribution in [2.75, 3.05) is 13.6 Å². The Balaban J connectivity index is 1.60. The number of halogens is 4. The normalized spacial score (nSPS) is 25.8. The summed E-state index contributed by atoms with van der Waals surface area (Å²) in [4.78, 5) is 2.28. The molecule has 2 aliphatic rings. The molecular weight excluding hydrogens is 342 g/mol. The van der Waals surface area contributed by atoms with Gasteiger partial charge in [0.25, 0.3) is 0 Å². The Kier molecular flexibility index (Phi) is 4.30. The average Bonchev–Trinajstić information content (AvgIpc) is 2.90. The number of hydrogen-bond donors (Lipinski definition) is 0. The van der Waals surface area contributed by atoms with Gasteiger partial charge in [0.15, 0.2) is 0 Å². The molecule has 0 radical (unpaired) electrons. The van der Waals surface area contributed by atoms with Gasteiger partial charge in [-0.15, -0.1) is 0 Å². The van der Waals surface area contributed by atoms with E-state index in [1.54, 1.807) is 18.2 Å². The molecule has 2 aromatic rings. The lowest BCUT2D eigenvalue weighted by Crippen LogP contribution is -2.32. The lowest BCUT2D eigenvalue weighted by Gasteiger charge is -2.32. The average molecular weight is 363 g/mol. The first kappa shape index (κ1) is 17.5. The van der Waals surface area contributed by atoms with Crippen LogP contribution in [0.5, 0.6) is 0 Å². The molecular formula is C21H21F4N. The topological polar surface area (TPSA) is 3.24 Å². The molecule has 1 nitrogen and oxygen atoms in total. The van der Waals surface area contributed by atoms with E-state index >= 15 is 0 Å². The fourth-order valence-corrected chi connectivity index (χ4v) is 4.79. The van der Waals surface area contributed by atoms with Crippen LogP contribution in [0.1, 0.15) is 34.6 Å². The fourth-order valence-electron chi connectivity index (χ4n) is 4.79. The number of rotatable bonds is 2. The second-order valence-corrected chi connectivity index (χ2v) is 7.56. The first-order valence-electron chi connectivity index (χ1n) is 8.97. The highest BCUT2D eigenvalue weighted by Gasteiger charge is 2.43. The Morgan fingerprint density at radius 1 is 1.12 bits per heavy atom. The summed E-state index contributed by atoms with van der Waals surface area (Å²) < 4.78 is 52.5. The molecule has 0 bridgehead atoms. The maximum Gasteiger partial charge on any atom is 0.416 e. The van der Waals surface area contributed by atoms with Crippen LogP contribution in [0.4, 0.5) is 17.6 Å². The summed E-state index contributed by atoms with van der Waals surface area (Å²) >= 11 is 0. The Labute approximate surface area is 150 Å². The molecule has 2 aromatic carbocycles.